The van der Waals surface area contributed by atoms with Crippen LogP contribution in [0.5, 0.6) is 0 Å². The smallest absolute Gasteiger partial charge is 0.322 e. The number of nitrogens with zero attached hydrogens (tertiary/aromatic N) is 4. The third kappa shape index (κ3) is 2.60. The maximum Gasteiger partial charge on any atom is 0.322 e. The summed E-state index contributed by atoms with van der Waals surface area (Å²) >= 11 is 1.60. The lowest BCUT2D eigenvalue weighted by molar-refractivity contribution is 0.432. The van der Waals surface area contributed by atoms with Crippen LogP contribution >= 0.6 is 11.3 Å². The number of rotatable bonds is 4. The van der Waals surface area contributed by atoms with Crippen LogP contribution in [-0.2, 0) is 6.54 Å². The van der Waals surface area contributed by atoms with E-state index < -0.39 is 0 Å². The number of aromatic nitrogens is 4. The van der Waals surface area contributed by atoms with Crippen LogP contribution in [0, 0.1) is 6.92 Å². The summed E-state index contributed by atoms with van der Waals surface area (Å²) in [7, 11) is 0. The van der Waals surface area contributed by atoms with Crippen molar-refractivity contribution in [3.63, 3.8) is 0 Å². The molecule has 0 aromatic carbocycles. The van der Waals surface area contributed by atoms with E-state index in [2.05, 4.69) is 25.4 Å². The average Bonchev–Trinajstić information content (AvgIpc) is 3.06. The summed E-state index contributed by atoms with van der Waals surface area (Å²) in [5.74, 6) is 0.525. The number of aryl methyl sites for hydroxylation is 1. The van der Waals surface area contributed by atoms with E-state index in [-0.39, 0.29) is 0 Å². The second kappa shape index (κ2) is 5.15. The van der Waals surface area contributed by atoms with Crippen molar-refractivity contribution in [1.29, 1.82) is 0 Å². The molecule has 0 atom stereocenters. The molecule has 3 aromatic heterocycles. The summed E-state index contributed by atoms with van der Waals surface area (Å²) in [6, 6.07) is 4.11. The summed E-state index contributed by atoms with van der Waals surface area (Å²) in [6.45, 7) is 2.60. The first-order chi connectivity index (χ1) is 9.33. The predicted octanol–water partition coefficient (Wildman–Crippen LogP) is 2.51. The molecule has 0 radical (unpaired) electrons. The van der Waals surface area contributed by atoms with Crippen LogP contribution < -0.4 is 5.32 Å². The molecular weight excluding hydrogens is 262 g/mol. The van der Waals surface area contributed by atoms with Crippen LogP contribution in [-0.4, -0.2) is 20.1 Å². The number of nitrogens with one attached hydrogen (secondary N) is 1. The predicted molar refractivity (Wildman–Crippen MR) is 71.7 cm³/mol. The van der Waals surface area contributed by atoms with Gasteiger partial charge >= 0.3 is 6.01 Å². The van der Waals surface area contributed by atoms with Gasteiger partial charge in [0.2, 0.25) is 5.82 Å². The average molecular weight is 273 g/mol. The fraction of sp³-hybridized carbons (Fsp3) is 0.167. The van der Waals surface area contributed by atoms with Gasteiger partial charge in [-0.1, -0.05) is 5.16 Å². The molecule has 1 N–H and O–H groups in total. The lowest BCUT2D eigenvalue weighted by atomic mass is 10.3. The number of hydrogen-bond acceptors (Lipinski definition) is 7. The van der Waals surface area contributed by atoms with Crippen molar-refractivity contribution in [2.45, 2.75) is 13.5 Å². The number of pyridine rings is 1. The quantitative estimate of drug-likeness (QED) is 0.787. The lowest BCUT2D eigenvalue weighted by Crippen LogP contribution is -1.99. The minimum atomic E-state index is 0.395. The largest absolute Gasteiger partial charge is 0.333 e. The van der Waals surface area contributed by atoms with E-state index in [0.29, 0.717) is 18.4 Å². The number of hydrogen-bond donors (Lipinski definition) is 1. The summed E-state index contributed by atoms with van der Waals surface area (Å²) in [5.41, 5.74) is 3.67. The lowest BCUT2D eigenvalue weighted by Gasteiger charge is -1.98. The fourth-order valence-electron chi connectivity index (χ4n) is 1.56. The Morgan fingerprint density at radius 2 is 2.37 bits per heavy atom. The van der Waals surface area contributed by atoms with Gasteiger partial charge < -0.3 is 9.84 Å². The van der Waals surface area contributed by atoms with Crippen LogP contribution in [0.25, 0.3) is 11.4 Å². The third-order valence-electron chi connectivity index (χ3n) is 2.59. The summed E-state index contributed by atoms with van der Waals surface area (Å²) < 4.78 is 5.14. The Balaban J connectivity index is 1.70. The highest BCUT2D eigenvalue weighted by Crippen LogP contribution is 2.18. The molecule has 3 heterocycles. The van der Waals surface area contributed by atoms with E-state index in [1.807, 2.05) is 24.6 Å². The van der Waals surface area contributed by atoms with Gasteiger partial charge in [0, 0.05) is 22.8 Å². The molecule has 0 saturated heterocycles. The van der Waals surface area contributed by atoms with Crippen molar-refractivity contribution in [3.8, 4) is 11.4 Å². The molecule has 0 saturated carbocycles. The van der Waals surface area contributed by atoms with Crippen LogP contribution in [0.1, 0.15) is 10.6 Å². The molecule has 7 heteroatoms. The molecule has 0 spiro atoms. The van der Waals surface area contributed by atoms with E-state index in [1.165, 1.54) is 0 Å². The molecule has 0 bridgehead atoms. The Morgan fingerprint density at radius 3 is 3.11 bits per heavy atom. The molecule has 96 valence electrons. The topological polar surface area (TPSA) is 76.7 Å². The van der Waals surface area contributed by atoms with Crippen molar-refractivity contribution in [2.24, 2.45) is 0 Å². The summed E-state index contributed by atoms with van der Waals surface area (Å²) in [4.78, 5) is 13.6. The second-order valence-electron chi connectivity index (χ2n) is 3.88. The van der Waals surface area contributed by atoms with Gasteiger partial charge in [-0.3, -0.25) is 4.98 Å². The Bertz CT molecular complexity index is 664. The highest BCUT2D eigenvalue weighted by Gasteiger charge is 2.09. The third-order valence-corrected chi connectivity index (χ3v) is 3.53. The Labute approximate surface area is 113 Å². The van der Waals surface area contributed by atoms with Crippen LogP contribution in [0.3, 0.4) is 0 Å². The molecule has 0 unspecified atom stereocenters. The SMILES string of the molecule is Cc1ncsc1CNc1nc(-c2cccnc2)no1. The number of thiazole rings is 1. The van der Waals surface area contributed by atoms with E-state index in [9.17, 15) is 0 Å². The Morgan fingerprint density at radius 1 is 1.42 bits per heavy atom. The van der Waals surface area contributed by atoms with Gasteiger partial charge in [-0.05, 0) is 19.1 Å². The normalized spacial score (nSPS) is 10.6. The second-order valence-corrected chi connectivity index (χ2v) is 4.82. The first-order valence-corrected chi connectivity index (χ1v) is 6.58. The molecule has 19 heavy (non-hydrogen) atoms. The molecule has 0 aliphatic heterocycles. The minimum Gasteiger partial charge on any atom is -0.333 e. The summed E-state index contributed by atoms with van der Waals surface area (Å²) in [6.07, 6.45) is 3.40. The molecule has 0 amide bonds. The molecule has 3 rings (SSSR count). The van der Waals surface area contributed by atoms with Crippen LogP contribution in [0.2, 0.25) is 0 Å². The zero-order chi connectivity index (χ0) is 13.1. The highest BCUT2D eigenvalue weighted by molar-refractivity contribution is 7.09. The zero-order valence-electron chi connectivity index (χ0n) is 10.2. The highest BCUT2D eigenvalue weighted by atomic mass is 32.1. The molecule has 0 fully saturated rings. The maximum atomic E-state index is 5.14. The maximum absolute atomic E-state index is 5.14. The molecule has 0 aliphatic carbocycles. The molecular formula is C12H11N5OS. The zero-order valence-corrected chi connectivity index (χ0v) is 11.0. The van der Waals surface area contributed by atoms with Gasteiger partial charge in [0.25, 0.3) is 0 Å². The summed E-state index contributed by atoms with van der Waals surface area (Å²) in [5, 5.41) is 7.00. The van der Waals surface area contributed by atoms with E-state index in [1.54, 1.807) is 23.7 Å². The van der Waals surface area contributed by atoms with Crippen LogP contribution in [0.15, 0.2) is 34.6 Å². The standard InChI is InChI=1S/C12H11N5OS/c1-8-10(19-7-15-8)6-14-12-16-11(17-18-12)9-3-2-4-13-5-9/h2-5,7H,6H2,1H3,(H,14,16,17). The van der Waals surface area contributed by atoms with Gasteiger partial charge in [0.15, 0.2) is 0 Å². The van der Waals surface area contributed by atoms with E-state index in [4.69, 9.17) is 4.52 Å². The Hall–Kier alpha value is -2.28. The van der Waals surface area contributed by atoms with Crippen molar-refractivity contribution in [2.75, 3.05) is 5.32 Å². The van der Waals surface area contributed by atoms with Crippen LogP contribution in [0.4, 0.5) is 6.01 Å². The number of anilines is 1. The fourth-order valence-corrected chi connectivity index (χ4v) is 2.28. The van der Waals surface area contributed by atoms with Gasteiger partial charge in [-0.2, -0.15) is 4.98 Å². The van der Waals surface area contributed by atoms with Gasteiger partial charge in [0.1, 0.15) is 0 Å². The van der Waals surface area contributed by atoms with E-state index in [0.717, 1.165) is 16.1 Å². The Kier molecular flexibility index (Phi) is 3.20. The van der Waals surface area contributed by atoms with Gasteiger partial charge in [-0.25, -0.2) is 4.98 Å². The van der Waals surface area contributed by atoms with Crippen molar-refractivity contribution in [3.05, 3.63) is 40.6 Å². The van der Waals surface area contributed by atoms with Gasteiger partial charge in [-0.15, -0.1) is 11.3 Å². The monoisotopic (exact) mass is 273 g/mol. The molecule has 3 aromatic rings. The molecule has 6 nitrogen and oxygen atoms in total. The van der Waals surface area contributed by atoms with Crippen molar-refractivity contribution in [1.82, 2.24) is 20.1 Å². The van der Waals surface area contributed by atoms with Crippen molar-refractivity contribution < 1.29 is 4.52 Å². The van der Waals surface area contributed by atoms with Crippen molar-refractivity contribution >= 4 is 17.4 Å². The molecule has 0 aliphatic rings. The minimum absolute atomic E-state index is 0.395. The van der Waals surface area contributed by atoms with E-state index >= 15 is 0 Å². The van der Waals surface area contributed by atoms with Gasteiger partial charge in [0.05, 0.1) is 17.7 Å². The first kappa shape index (κ1) is 11.8. The first-order valence-electron chi connectivity index (χ1n) is 5.70.